The summed E-state index contributed by atoms with van der Waals surface area (Å²) < 4.78 is 2.62. The first kappa shape index (κ1) is 18.8. The molecule has 4 heteroatoms. The molecule has 4 saturated carbocycles. The molecule has 0 radical (unpaired) electrons. The molecule has 0 atom stereocenters. The van der Waals surface area contributed by atoms with Gasteiger partial charge in [0.25, 0.3) is 0 Å². The van der Waals surface area contributed by atoms with Crippen LogP contribution in [0.4, 0.5) is 5.69 Å². The lowest BCUT2D eigenvalue weighted by Gasteiger charge is -2.53. The molecular formula is C23H34N2O2. The number of hydrogen-bond donors (Lipinski definition) is 0. The van der Waals surface area contributed by atoms with E-state index in [4.69, 9.17) is 9.90 Å². The molecule has 4 aliphatic carbocycles. The van der Waals surface area contributed by atoms with Crippen molar-refractivity contribution in [3.8, 4) is 0 Å². The summed E-state index contributed by atoms with van der Waals surface area (Å²) in [6.45, 7) is 3.47. The van der Waals surface area contributed by atoms with Gasteiger partial charge in [0.15, 0.2) is 17.9 Å². The lowest BCUT2D eigenvalue weighted by molar-refractivity contribution is -0.776. The third-order valence-corrected chi connectivity index (χ3v) is 7.34. The van der Waals surface area contributed by atoms with Crippen LogP contribution < -0.4 is 14.6 Å². The van der Waals surface area contributed by atoms with Gasteiger partial charge in [-0.1, -0.05) is 12.8 Å². The van der Waals surface area contributed by atoms with Crippen molar-refractivity contribution in [2.45, 2.75) is 76.7 Å². The third kappa shape index (κ3) is 4.14. The fraction of sp³-hybridized carbons (Fsp3) is 0.739. The van der Waals surface area contributed by atoms with Gasteiger partial charge in [0.1, 0.15) is 0 Å². The lowest BCUT2D eigenvalue weighted by Crippen LogP contribution is -2.64. The van der Waals surface area contributed by atoms with Gasteiger partial charge in [-0.05, 0) is 56.8 Å². The minimum absolute atomic E-state index is 0.478. The van der Waals surface area contributed by atoms with E-state index in [1.807, 2.05) is 0 Å². The van der Waals surface area contributed by atoms with Gasteiger partial charge in [-0.2, -0.15) is 4.57 Å². The minimum Gasteiger partial charge on any atom is -0.550 e. The van der Waals surface area contributed by atoms with Crippen LogP contribution in [0.25, 0.3) is 0 Å². The molecule has 5 aliphatic rings. The predicted molar refractivity (Wildman–Crippen MR) is 104 cm³/mol. The zero-order chi connectivity index (χ0) is 18.9. The Hall–Kier alpha value is -1.58. The number of aromatic nitrogens is 1. The molecule has 0 amide bonds. The van der Waals surface area contributed by atoms with Crippen LogP contribution in [-0.4, -0.2) is 19.1 Å². The Morgan fingerprint density at radius 1 is 0.963 bits per heavy atom. The van der Waals surface area contributed by atoms with E-state index < -0.39 is 5.97 Å². The highest BCUT2D eigenvalue weighted by Crippen LogP contribution is 2.56. The summed E-state index contributed by atoms with van der Waals surface area (Å²) >= 11 is 0. The zero-order valence-electron chi connectivity index (χ0n) is 16.7. The maximum absolute atomic E-state index is 8.89. The predicted octanol–water partition coefficient (Wildman–Crippen LogP) is 3.04. The number of nitrogens with zero attached hydrogens (tertiary/aromatic N) is 2. The van der Waals surface area contributed by atoms with Crippen molar-refractivity contribution < 1.29 is 14.5 Å². The van der Waals surface area contributed by atoms with Gasteiger partial charge < -0.3 is 14.8 Å². The van der Waals surface area contributed by atoms with Crippen LogP contribution in [0.5, 0.6) is 0 Å². The van der Waals surface area contributed by atoms with Crippen molar-refractivity contribution >= 4 is 11.7 Å². The molecule has 6 rings (SSSR count). The number of carbonyl (C=O) groups is 1. The summed E-state index contributed by atoms with van der Waals surface area (Å²) in [4.78, 5) is 11.5. The number of aliphatic carboxylic acids is 1. The Kier molecular flexibility index (Phi) is 5.43. The van der Waals surface area contributed by atoms with Gasteiger partial charge in [-0.25, -0.2) is 0 Å². The standard InChI is InChI=1S/C21H31N2.C2H4O2/c1-2-4-8-22(7-3-1)20-5-9-23(10-6-20)21-14-17-11-18(15-21)13-19(12-17)16-21;1-2(3)4/h5-6,9-10,17-19H,1-4,7-8,11-16H2;1H3,(H,3,4)/q+1;/p-1. The number of hydrogen-bond acceptors (Lipinski definition) is 3. The van der Waals surface area contributed by atoms with Gasteiger partial charge in [-0.3, -0.25) is 0 Å². The lowest BCUT2D eigenvalue weighted by atomic mass is 9.53. The van der Waals surface area contributed by atoms with Crippen LogP contribution in [0, 0.1) is 17.8 Å². The summed E-state index contributed by atoms with van der Waals surface area (Å²) in [6.07, 6.45) is 19.4. The van der Waals surface area contributed by atoms with Crippen molar-refractivity contribution in [3.05, 3.63) is 24.5 Å². The first-order valence-corrected chi connectivity index (χ1v) is 11.0. The van der Waals surface area contributed by atoms with Crippen LogP contribution in [0.1, 0.15) is 71.1 Å². The number of anilines is 1. The molecule has 27 heavy (non-hydrogen) atoms. The van der Waals surface area contributed by atoms with Crippen molar-refractivity contribution in [2.24, 2.45) is 17.8 Å². The normalized spacial score (nSPS) is 34.6. The zero-order valence-corrected chi connectivity index (χ0v) is 16.7. The van der Waals surface area contributed by atoms with Gasteiger partial charge in [0.05, 0.1) is 0 Å². The molecular weight excluding hydrogens is 336 g/mol. The van der Waals surface area contributed by atoms with E-state index in [1.54, 1.807) is 0 Å². The number of rotatable bonds is 2. The third-order valence-electron chi connectivity index (χ3n) is 7.34. The summed E-state index contributed by atoms with van der Waals surface area (Å²) in [6, 6.07) is 4.81. The van der Waals surface area contributed by atoms with E-state index in [0.717, 1.165) is 24.7 Å². The van der Waals surface area contributed by atoms with Gasteiger partial charge >= 0.3 is 0 Å². The van der Waals surface area contributed by atoms with Crippen LogP contribution in [-0.2, 0) is 10.3 Å². The number of pyridine rings is 1. The molecule has 4 nitrogen and oxygen atoms in total. The summed E-state index contributed by atoms with van der Waals surface area (Å²) in [5.74, 6) is 2.00. The van der Waals surface area contributed by atoms with E-state index in [-0.39, 0.29) is 0 Å². The van der Waals surface area contributed by atoms with Crippen molar-refractivity contribution in [2.75, 3.05) is 18.0 Å². The van der Waals surface area contributed by atoms with Crippen molar-refractivity contribution in [3.63, 3.8) is 0 Å². The highest BCUT2D eigenvalue weighted by molar-refractivity contribution is 5.60. The fourth-order valence-electron chi connectivity index (χ4n) is 6.66. The average Bonchev–Trinajstić information content (AvgIpc) is 2.90. The topological polar surface area (TPSA) is 47.2 Å². The molecule has 0 unspecified atom stereocenters. The molecule has 2 heterocycles. The first-order chi connectivity index (χ1) is 13.0. The highest BCUT2D eigenvalue weighted by atomic mass is 16.4. The fourth-order valence-corrected chi connectivity index (χ4v) is 6.66. The van der Waals surface area contributed by atoms with Gasteiger partial charge in [0.2, 0.25) is 0 Å². The van der Waals surface area contributed by atoms with Crippen molar-refractivity contribution in [1.29, 1.82) is 0 Å². The maximum atomic E-state index is 8.89. The number of carboxylic acid groups (broad SMARTS) is 1. The van der Waals surface area contributed by atoms with Crippen LogP contribution >= 0.6 is 0 Å². The largest absolute Gasteiger partial charge is 0.550 e. The highest BCUT2D eigenvalue weighted by Gasteiger charge is 2.56. The van der Waals surface area contributed by atoms with Crippen molar-refractivity contribution in [1.82, 2.24) is 0 Å². The number of carboxylic acids is 1. The second kappa shape index (κ2) is 7.81. The Bertz CT molecular complexity index is 608. The first-order valence-electron chi connectivity index (χ1n) is 11.0. The van der Waals surface area contributed by atoms with Crippen LogP contribution in [0.2, 0.25) is 0 Å². The molecule has 1 saturated heterocycles. The van der Waals surface area contributed by atoms with Gasteiger partial charge in [0, 0.05) is 56.1 Å². The Balaban J connectivity index is 0.000000413. The second-order valence-electron chi connectivity index (χ2n) is 9.50. The van der Waals surface area contributed by atoms with E-state index in [9.17, 15) is 0 Å². The molecule has 0 N–H and O–H groups in total. The summed E-state index contributed by atoms with van der Waals surface area (Å²) in [5.41, 5.74) is 1.93. The van der Waals surface area contributed by atoms with E-state index in [2.05, 4.69) is 34.0 Å². The Morgan fingerprint density at radius 2 is 1.41 bits per heavy atom. The second-order valence-corrected chi connectivity index (χ2v) is 9.50. The Labute approximate surface area is 163 Å². The van der Waals surface area contributed by atoms with E-state index in [0.29, 0.717) is 5.54 Å². The SMILES string of the molecule is CC(=O)[O-].c1c[n+](C23CC4CC(CC(C4)C2)C3)ccc1N1CCCCCC1. The summed E-state index contributed by atoms with van der Waals surface area (Å²) in [7, 11) is 0. The number of carbonyl (C=O) groups excluding carboxylic acids is 1. The van der Waals surface area contributed by atoms with E-state index in [1.165, 1.54) is 83.0 Å². The monoisotopic (exact) mass is 370 g/mol. The Morgan fingerprint density at radius 3 is 1.85 bits per heavy atom. The van der Waals surface area contributed by atoms with Crippen LogP contribution in [0.15, 0.2) is 24.5 Å². The van der Waals surface area contributed by atoms with Crippen LogP contribution in [0.3, 0.4) is 0 Å². The summed E-state index contributed by atoms with van der Waals surface area (Å²) in [5, 5.41) is 8.89. The molecule has 148 valence electrons. The quantitative estimate of drug-likeness (QED) is 0.752. The molecule has 0 spiro atoms. The molecule has 0 aromatic carbocycles. The average molecular weight is 371 g/mol. The van der Waals surface area contributed by atoms with E-state index >= 15 is 0 Å². The smallest absolute Gasteiger partial charge is 0.171 e. The minimum atomic E-state index is -1.08. The molecule has 1 aromatic heterocycles. The molecule has 1 aliphatic heterocycles. The molecule has 4 bridgehead atoms. The molecule has 1 aromatic rings. The van der Waals surface area contributed by atoms with Gasteiger partial charge in [-0.15, -0.1) is 0 Å². The maximum Gasteiger partial charge on any atom is 0.171 e. The molecule has 5 fully saturated rings.